The number of alkyl halides is 3. The number of nitrogens with zero attached hydrogens (tertiary/aromatic N) is 1. The van der Waals surface area contributed by atoms with E-state index < -0.39 is 17.4 Å². The summed E-state index contributed by atoms with van der Waals surface area (Å²) in [7, 11) is 0. The maximum absolute atomic E-state index is 12.4. The fraction of sp³-hybridized carbons (Fsp3) is 0.500. The van der Waals surface area contributed by atoms with Gasteiger partial charge in [0.25, 0.3) is 5.56 Å². The Kier molecular flexibility index (Phi) is 4.98. The number of amides is 1. The van der Waals surface area contributed by atoms with E-state index in [9.17, 15) is 22.8 Å². The van der Waals surface area contributed by atoms with Crippen LogP contribution in [0.15, 0.2) is 16.0 Å². The first-order valence-electron chi connectivity index (χ1n) is 5.29. The summed E-state index contributed by atoms with van der Waals surface area (Å²) in [5, 5.41) is 2.33. The number of carbonyl (C=O) groups is 1. The van der Waals surface area contributed by atoms with Gasteiger partial charge >= 0.3 is 6.18 Å². The Bertz CT molecular complexity index is 513. The van der Waals surface area contributed by atoms with E-state index in [-0.39, 0.29) is 22.9 Å². The topological polar surface area (TPSA) is 74.8 Å². The summed E-state index contributed by atoms with van der Waals surface area (Å²) in [6.45, 7) is 3.51. The largest absolute Gasteiger partial charge is 0.433 e. The van der Waals surface area contributed by atoms with Gasteiger partial charge in [-0.1, -0.05) is 11.8 Å². The maximum Gasteiger partial charge on any atom is 0.433 e. The maximum atomic E-state index is 12.4. The molecule has 1 aromatic heterocycles. The molecule has 0 aliphatic rings. The minimum atomic E-state index is -4.69. The molecule has 0 aromatic carbocycles. The monoisotopic (exact) mass is 295 g/mol. The van der Waals surface area contributed by atoms with E-state index in [1.807, 2.05) is 0 Å². The molecule has 2 N–H and O–H groups in total. The molecule has 1 heterocycles. The molecule has 0 radical (unpaired) electrons. The molecule has 0 atom stereocenters. The molecule has 0 fully saturated rings. The van der Waals surface area contributed by atoms with Gasteiger partial charge in [-0.3, -0.25) is 9.59 Å². The van der Waals surface area contributed by atoms with Crippen LogP contribution in [0.25, 0.3) is 0 Å². The average molecular weight is 295 g/mol. The zero-order chi connectivity index (χ0) is 14.6. The molecule has 0 spiro atoms. The summed E-state index contributed by atoms with van der Waals surface area (Å²) in [6.07, 6.45) is -4.69. The standard InChI is InChI=1S/C10H12F3N3O2S/c1-5(2)14-8(18)4-19-9-15-6(10(11,12)13)3-7(17)16-9/h3,5H,4H2,1-2H3,(H,14,18)(H,15,16,17). The van der Waals surface area contributed by atoms with Crippen LogP contribution in [0.2, 0.25) is 0 Å². The zero-order valence-electron chi connectivity index (χ0n) is 10.2. The first-order chi connectivity index (χ1) is 8.68. The third kappa shape index (κ3) is 5.33. The van der Waals surface area contributed by atoms with Crippen LogP contribution in [0.5, 0.6) is 0 Å². The SMILES string of the molecule is CC(C)NC(=O)CSc1nc(C(F)(F)F)cc(=O)[nH]1. The molecule has 9 heteroatoms. The van der Waals surface area contributed by atoms with Crippen molar-refractivity contribution >= 4 is 17.7 Å². The van der Waals surface area contributed by atoms with Crippen LogP contribution in [0.4, 0.5) is 13.2 Å². The van der Waals surface area contributed by atoms with E-state index in [0.29, 0.717) is 6.07 Å². The highest BCUT2D eigenvalue weighted by Crippen LogP contribution is 2.27. The number of halogens is 3. The summed E-state index contributed by atoms with van der Waals surface area (Å²) in [5.41, 5.74) is -2.18. The average Bonchev–Trinajstić information content (AvgIpc) is 2.23. The quantitative estimate of drug-likeness (QED) is 0.650. The van der Waals surface area contributed by atoms with Gasteiger partial charge in [-0.05, 0) is 13.8 Å². The lowest BCUT2D eigenvalue weighted by atomic mass is 10.4. The van der Waals surface area contributed by atoms with Crippen LogP contribution in [0, 0.1) is 0 Å². The number of aromatic amines is 1. The van der Waals surface area contributed by atoms with Crippen LogP contribution in [0.3, 0.4) is 0 Å². The van der Waals surface area contributed by atoms with Crippen molar-refractivity contribution in [1.82, 2.24) is 15.3 Å². The van der Waals surface area contributed by atoms with E-state index in [1.165, 1.54) is 0 Å². The minimum Gasteiger partial charge on any atom is -0.353 e. The first-order valence-corrected chi connectivity index (χ1v) is 6.28. The van der Waals surface area contributed by atoms with Crippen molar-refractivity contribution < 1.29 is 18.0 Å². The van der Waals surface area contributed by atoms with Gasteiger partial charge in [-0.2, -0.15) is 13.2 Å². The third-order valence-electron chi connectivity index (χ3n) is 1.80. The van der Waals surface area contributed by atoms with E-state index >= 15 is 0 Å². The Labute approximate surface area is 111 Å². The summed E-state index contributed by atoms with van der Waals surface area (Å²) in [5.74, 6) is -0.470. The number of hydrogen-bond donors (Lipinski definition) is 2. The number of nitrogens with one attached hydrogen (secondary N) is 2. The molecule has 0 unspecified atom stereocenters. The van der Waals surface area contributed by atoms with E-state index in [4.69, 9.17) is 0 Å². The van der Waals surface area contributed by atoms with Gasteiger partial charge in [0.1, 0.15) is 0 Å². The zero-order valence-corrected chi connectivity index (χ0v) is 11.0. The summed E-state index contributed by atoms with van der Waals surface area (Å²) >= 11 is 0.736. The highest BCUT2D eigenvalue weighted by Gasteiger charge is 2.33. The summed E-state index contributed by atoms with van der Waals surface area (Å²) in [4.78, 5) is 27.8. The molecule has 0 bridgehead atoms. The van der Waals surface area contributed by atoms with Gasteiger partial charge in [0.15, 0.2) is 10.9 Å². The molecular weight excluding hydrogens is 283 g/mol. The fourth-order valence-electron chi connectivity index (χ4n) is 1.15. The molecule has 0 aliphatic carbocycles. The van der Waals surface area contributed by atoms with Crippen molar-refractivity contribution in [2.24, 2.45) is 0 Å². The van der Waals surface area contributed by atoms with Crippen LogP contribution in [-0.2, 0) is 11.0 Å². The number of thioether (sulfide) groups is 1. The van der Waals surface area contributed by atoms with Gasteiger partial charge < -0.3 is 10.3 Å². The smallest absolute Gasteiger partial charge is 0.353 e. The van der Waals surface area contributed by atoms with Gasteiger partial charge in [0, 0.05) is 12.1 Å². The van der Waals surface area contributed by atoms with Crippen LogP contribution in [0.1, 0.15) is 19.5 Å². The minimum absolute atomic E-state index is 0.0679. The van der Waals surface area contributed by atoms with Crippen LogP contribution < -0.4 is 10.9 Å². The van der Waals surface area contributed by atoms with E-state index in [2.05, 4.69) is 15.3 Å². The van der Waals surface area contributed by atoms with Crippen molar-refractivity contribution in [3.63, 3.8) is 0 Å². The highest BCUT2D eigenvalue weighted by molar-refractivity contribution is 7.99. The number of aromatic nitrogens is 2. The second-order valence-electron chi connectivity index (χ2n) is 3.94. The molecule has 0 saturated carbocycles. The van der Waals surface area contributed by atoms with Crippen LogP contribution >= 0.6 is 11.8 Å². The Morgan fingerprint density at radius 2 is 2.16 bits per heavy atom. The number of rotatable bonds is 4. The summed E-state index contributed by atoms with van der Waals surface area (Å²) < 4.78 is 37.2. The lowest BCUT2D eigenvalue weighted by Gasteiger charge is -2.08. The molecule has 1 rings (SSSR count). The van der Waals surface area contributed by atoms with Crippen molar-refractivity contribution in [2.45, 2.75) is 31.2 Å². The number of carbonyl (C=O) groups excluding carboxylic acids is 1. The number of hydrogen-bond acceptors (Lipinski definition) is 4. The summed E-state index contributed by atoms with van der Waals surface area (Å²) in [6, 6.07) is 0.305. The Morgan fingerprint density at radius 3 is 2.68 bits per heavy atom. The predicted molar refractivity (Wildman–Crippen MR) is 63.9 cm³/mol. The van der Waals surface area contributed by atoms with Crippen molar-refractivity contribution in [1.29, 1.82) is 0 Å². The lowest BCUT2D eigenvalue weighted by molar-refractivity contribution is -0.141. The third-order valence-corrected chi connectivity index (χ3v) is 2.67. The molecule has 106 valence electrons. The molecule has 0 aliphatic heterocycles. The molecular formula is C10H12F3N3O2S. The molecule has 0 saturated heterocycles. The van der Waals surface area contributed by atoms with Gasteiger partial charge in [-0.25, -0.2) is 4.98 Å². The van der Waals surface area contributed by atoms with Crippen LogP contribution in [-0.4, -0.2) is 27.7 Å². The van der Waals surface area contributed by atoms with Gasteiger partial charge in [0.05, 0.1) is 5.75 Å². The first kappa shape index (κ1) is 15.5. The molecule has 19 heavy (non-hydrogen) atoms. The number of H-pyrrole nitrogens is 1. The molecule has 1 aromatic rings. The van der Waals surface area contributed by atoms with Crippen molar-refractivity contribution in [3.05, 3.63) is 22.1 Å². The fourth-order valence-corrected chi connectivity index (χ4v) is 1.83. The Hall–Kier alpha value is -1.51. The van der Waals surface area contributed by atoms with Gasteiger partial charge in [-0.15, -0.1) is 0 Å². The molecule has 1 amide bonds. The van der Waals surface area contributed by atoms with E-state index in [1.54, 1.807) is 13.8 Å². The van der Waals surface area contributed by atoms with Crippen molar-refractivity contribution in [2.75, 3.05) is 5.75 Å². The predicted octanol–water partition coefficient (Wildman–Crippen LogP) is 1.41. The normalized spacial score (nSPS) is 11.7. The van der Waals surface area contributed by atoms with Crippen molar-refractivity contribution in [3.8, 4) is 0 Å². The van der Waals surface area contributed by atoms with E-state index in [0.717, 1.165) is 11.8 Å². The van der Waals surface area contributed by atoms with Gasteiger partial charge in [0.2, 0.25) is 5.91 Å². The second-order valence-corrected chi connectivity index (χ2v) is 4.91. The highest BCUT2D eigenvalue weighted by atomic mass is 32.2. The Morgan fingerprint density at radius 1 is 1.53 bits per heavy atom. The lowest BCUT2D eigenvalue weighted by Crippen LogP contribution is -2.31. The Balaban J connectivity index is 2.77. The molecule has 5 nitrogen and oxygen atoms in total. The second kappa shape index (κ2) is 6.09.